The molecule has 23 heavy (non-hydrogen) atoms. The van der Waals surface area contributed by atoms with Gasteiger partial charge in [-0.3, -0.25) is 4.79 Å². The number of piperazine rings is 1. The fraction of sp³-hybridized carbons (Fsp3) is 0.786. The number of hydrogen-bond acceptors (Lipinski definition) is 8. The molecule has 1 fully saturated rings. The number of aromatic nitrogens is 2. The molecule has 1 unspecified atom stereocenters. The van der Waals surface area contributed by atoms with Crippen molar-refractivity contribution in [3.63, 3.8) is 0 Å². The van der Waals surface area contributed by atoms with Crippen LogP contribution in [-0.2, 0) is 9.53 Å². The van der Waals surface area contributed by atoms with Crippen molar-refractivity contribution in [3.8, 4) is 0 Å². The number of methoxy groups -OCH3 is 1. The maximum atomic E-state index is 12.5. The number of thioether (sulfide) groups is 1. The van der Waals surface area contributed by atoms with Gasteiger partial charge in [0, 0.05) is 39.8 Å². The fourth-order valence-corrected chi connectivity index (χ4v) is 4.34. The van der Waals surface area contributed by atoms with Crippen LogP contribution in [0.2, 0.25) is 0 Å². The molecule has 0 saturated carbocycles. The van der Waals surface area contributed by atoms with E-state index in [1.54, 1.807) is 7.11 Å². The Labute approximate surface area is 145 Å². The van der Waals surface area contributed by atoms with Gasteiger partial charge in [0.15, 0.2) is 4.34 Å². The van der Waals surface area contributed by atoms with Crippen molar-refractivity contribution < 1.29 is 9.53 Å². The van der Waals surface area contributed by atoms with Gasteiger partial charge in [0.2, 0.25) is 11.0 Å². The highest BCUT2D eigenvalue weighted by Crippen LogP contribution is 2.29. The SMILES string of the molecule is CCN1CCN(C(=O)C(C)Sc2nnc(NCCOC)s2)CC1. The molecule has 1 saturated heterocycles. The standard InChI is InChI=1S/C14H25N5O2S2/c1-4-18-6-8-19(9-7-18)12(20)11(2)22-14-17-16-13(23-14)15-5-10-21-3/h11H,4-10H2,1-3H3,(H,15,16). The van der Waals surface area contributed by atoms with Gasteiger partial charge >= 0.3 is 0 Å². The zero-order valence-electron chi connectivity index (χ0n) is 13.9. The zero-order valence-corrected chi connectivity index (χ0v) is 15.6. The average molecular weight is 360 g/mol. The molecule has 0 radical (unpaired) electrons. The van der Waals surface area contributed by atoms with E-state index >= 15 is 0 Å². The molecule has 0 spiro atoms. The molecule has 1 amide bonds. The molecular weight excluding hydrogens is 334 g/mol. The molecule has 130 valence electrons. The fourth-order valence-electron chi connectivity index (χ4n) is 2.33. The number of likely N-dealkylation sites (N-methyl/N-ethyl adjacent to an activating group) is 1. The predicted molar refractivity (Wildman–Crippen MR) is 94.3 cm³/mol. The Morgan fingerprint density at radius 1 is 1.39 bits per heavy atom. The van der Waals surface area contributed by atoms with Crippen molar-refractivity contribution in [2.45, 2.75) is 23.4 Å². The van der Waals surface area contributed by atoms with Gasteiger partial charge in [-0.25, -0.2) is 0 Å². The van der Waals surface area contributed by atoms with Crippen molar-refractivity contribution in [2.24, 2.45) is 0 Å². The molecule has 0 aromatic carbocycles. The third-order valence-electron chi connectivity index (χ3n) is 3.75. The minimum atomic E-state index is -0.136. The topological polar surface area (TPSA) is 70.6 Å². The van der Waals surface area contributed by atoms with Crippen molar-refractivity contribution in [2.75, 3.05) is 58.3 Å². The second-order valence-electron chi connectivity index (χ2n) is 5.31. The lowest BCUT2D eigenvalue weighted by atomic mass is 10.3. The number of carbonyl (C=O) groups excluding carboxylic acids is 1. The lowest BCUT2D eigenvalue weighted by Gasteiger charge is -2.35. The van der Waals surface area contributed by atoms with Gasteiger partial charge in [0.25, 0.3) is 0 Å². The third-order valence-corrected chi connectivity index (χ3v) is 5.80. The highest BCUT2D eigenvalue weighted by molar-refractivity contribution is 8.02. The highest BCUT2D eigenvalue weighted by atomic mass is 32.2. The zero-order chi connectivity index (χ0) is 16.7. The number of nitrogens with one attached hydrogen (secondary N) is 1. The van der Waals surface area contributed by atoms with Crippen LogP contribution in [0.4, 0.5) is 5.13 Å². The molecular formula is C14H25N5O2S2. The van der Waals surface area contributed by atoms with E-state index < -0.39 is 0 Å². The molecule has 1 aliphatic rings. The average Bonchev–Trinajstić information content (AvgIpc) is 3.02. The number of anilines is 1. The molecule has 7 nitrogen and oxygen atoms in total. The Bertz CT molecular complexity index is 491. The first kappa shape index (κ1) is 18.4. The smallest absolute Gasteiger partial charge is 0.235 e. The van der Waals surface area contributed by atoms with Crippen LogP contribution in [0.3, 0.4) is 0 Å². The molecule has 1 atom stereocenters. The third kappa shape index (κ3) is 5.59. The summed E-state index contributed by atoms with van der Waals surface area (Å²) >= 11 is 2.96. The van der Waals surface area contributed by atoms with Gasteiger partial charge in [-0.15, -0.1) is 10.2 Å². The van der Waals surface area contributed by atoms with Gasteiger partial charge < -0.3 is 19.9 Å². The second-order valence-corrected chi connectivity index (χ2v) is 7.88. The maximum absolute atomic E-state index is 12.5. The van der Waals surface area contributed by atoms with Gasteiger partial charge in [-0.05, 0) is 13.5 Å². The quantitative estimate of drug-likeness (QED) is 0.553. The molecule has 2 heterocycles. The first-order valence-corrected chi connectivity index (χ1v) is 9.57. The Balaban J connectivity index is 1.79. The van der Waals surface area contributed by atoms with Crippen molar-refractivity contribution in [1.29, 1.82) is 0 Å². The summed E-state index contributed by atoms with van der Waals surface area (Å²) in [7, 11) is 1.66. The summed E-state index contributed by atoms with van der Waals surface area (Å²) in [4.78, 5) is 16.9. The molecule has 1 N–H and O–H groups in total. The largest absolute Gasteiger partial charge is 0.383 e. The Kier molecular flexibility index (Phi) is 7.54. The summed E-state index contributed by atoms with van der Waals surface area (Å²) in [6.07, 6.45) is 0. The number of nitrogens with zero attached hydrogens (tertiary/aromatic N) is 4. The van der Waals surface area contributed by atoms with Crippen LogP contribution >= 0.6 is 23.1 Å². The van der Waals surface area contributed by atoms with Crippen LogP contribution in [0.1, 0.15) is 13.8 Å². The van der Waals surface area contributed by atoms with Crippen LogP contribution in [0.15, 0.2) is 4.34 Å². The van der Waals surface area contributed by atoms with E-state index in [0.717, 1.165) is 42.2 Å². The minimum absolute atomic E-state index is 0.136. The van der Waals surface area contributed by atoms with Crippen LogP contribution < -0.4 is 5.32 Å². The van der Waals surface area contributed by atoms with E-state index in [1.165, 1.54) is 23.1 Å². The van der Waals surface area contributed by atoms with Crippen molar-refractivity contribution >= 4 is 34.1 Å². The molecule has 0 aliphatic carbocycles. The first-order valence-electron chi connectivity index (χ1n) is 7.88. The van der Waals surface area contributed by atoms with Crippen LogP contribution in [-0.4, -0.2) is 84.1 Å². The Morgan fingerprint density at radius 3 is 2.78 bits per heavy atom. The highest BCUT2D eigenvalue weighted by Gasteiger charge is 2.25. The summed E-state index contributed by atoms with van der Waals surface area (Å²) in [6.45, 7) is 10.0. The molecule has 1 aliphatic heterocycles. The summed E-state index contributed by atoms with van der Waals surface area (Å²) in [5.74, 6) is 0.190. The van der Waals surface area contributed by atoms with E-state index in [1.807, 2.05) is 11.8 Å². The Morgan fingerprint density at radius 2 is 2.13 bits per heavy atom. The van der Waals surface area contributed by atoms with Gasteiger partial charge in [-0.2, -0.15) is 0 Å². The van der Waals surface area contributed by atoms with Crippen LogP contribution in [0.5, 0.6) is 0 Å². The van der Waals surface area contributed by atoms with E-state index in [-0.39, 0.29) is 11.2 Å². The number of rotatable bonds is 8. The summed E-state index contributed by atoms with van der Waals surface area (Å²) in [5, 5.41) is 12.0. The van der Waals surface area contributed by atoms with Crippen LogP contribution in [0, 0.1) is 0 Å². The molecule has 0 bridgehead atoms. The lowest BCUT2D eigenvalue weighted by Crippen LogP contribution is -2.50. The molecule has 9 heteroatoms. The summed E-state index contributed by atoms with van der Waals surface area (Å²) in [5.41, 5.74) is 0. The van der Waals surface area contributed by atoms with Gasteiger partial charge in [0.1, 0.15) is 0 Å². The van der Waals surface area contributed by atoms with E-state index in [2.05, 4.69) is 27.3 Å². The molecule has 1 aromatic heterocycles. The van der Waals surface area contributed by atoms with E-state index in [9.17, 15) is 4.79 Å². The number of hydrogen-bond donors (Lipinski definition) is 1. The van der Waals surface area contributed by atoms with E-state index in [4.69, 9.17) is 4.74 Å². The minimum Gasteiger partial charge on any atom is -0.383 e. The Hall–Kier alpha value is -0.900. The number of carbonyl (C=O) groups is 1. The molecule has 1 aromatic rings. The first-order chi connectivity index (χ1) is 11.1. The summed E-state index contributed by atoms with van der Waals surface area (Å²) < 4.78 is 5.80. The van der Waals surface area contributed by atoms with Crippen LogP contribution in [0.25, 0.3) is 0 Å². The summed E-state index contributed by atoms with van der Waals surface area (Å²) in [6, 6.07) is 0. The number of amides is 1. The number of ether oxygens (including phenoxy) is 1. The monoisotopic (exact) mass is 359 g/mol. The van der Waals surface area contributed by atoms with Crippen molar-refractivity contribution in [1.82, 2.24) is 20.0 Å². The van der Waals surface area contributed by atoms with E-state index in [0.29, 0.717) is 13.2 Å². The normalized spacial score (nSPS) is 17.3. The second kappa shape index (κ2) is 9.41. The lowest BCUT2D eigenvalue weighted by molar-refractivity contribution is -0.132. The maximum Gasteiger partial charge on any atom is 0.235 e. The van der Waals surface area contributed by atoms with Gasteiger partial charge in [0.05, 0.1) is 11.9 Å². The van der Waals surface area contributed by atoms with Gasteiger partial charge in [-0.1, -0.05) is 30.0 Å². The predicted octanol–water partition coefficient (Wildman–Crippen LogP) is 1.24. The van der Waals surface area contributed by atoms with Crippen molar-refractivity contribution in [3.05, 3.63) is 0 Å². The molecule has 2 rings (SSSR count).